The van der Waals surface area contributed by atoms with E-state index < -0.39 is 16.1 Å². The number of halogens is 2. The van der Waals surface area contributed by atoms with Crippen LogP contribution in [-0.2, 0) is 20.5 Å². The average molecular weight is 411 g/mol. The van der Waals surface area contributed by atoms with Gasteiger partial charge in [-0.15, -0.1) is 0 Å². The van der Waals surface area contributed by atoms with Gasteiger partial charge in [0.15, 0.2) is 0 Å². The quantitative estimate of drug-likeness (QED) is 0.651. The molecule has 0 aliphatic rings. The highest BCUT2D eigenvalue weighted by molar-refractivity contribution is 7.88. The molecule has 0 saturated heterocycles. The van der Waals surface area contributed by atoms with Gasteiger partial charge in [-0.05, 0) is 37.0 Å². The first kappa shape index (κ1) is 22.0. The van der Waals surface area contributed by atoms with E-state index in [0.717, 1.165) is 0 Å². The highest BCUT2D eigenvalue weighted by Gasteiger charge is 2.19. The van der Waals surface area contributed by atoms with Crippen LogP contribution in [0.15, 0.2) is 18.2 Å². The highest BCUT2D eigenvalue weighted by atomic mass is 35.5. The topological polar surface area (TPSA) is 84.5 Å². The van der Waals surface area contributed by atoms with E-state index >= 15 is 0 Å². The lowest BCUT2D eigenvalue weighted by molar-refractivity contribution is 0.146. The van der Waals surface area contributed by atoms with Gasteiger partial charge in [-0.2, -0.15) is 0 Å². The molecule has 1 amide bonds. The first-order chi connectivity index (χ1) is 11.6. The Labute approximate surface area is 159 Å². The Hall–Kier alpha value is -1.02. The second kappa shape index (κ2) is 10.2. The van der Waals surface area contributed by atoms with Crippen molar-refractivity contribution >= 4 is 39.3 Å². The van der Waals surface area contributed by atoms with E-state index in [0.29, 0.717) is 22.0 Å². The Morgan fingerprint density at radius 1 is 1.24 bits per heavy atom. The largest absolute Gasteiger partial charge is 0.450 e. The van der Waals surface area contributed by atoms with Crippen molar-refractivity contribution in [1.82, 2.24) is 10.0 Å². The van der Waals surface area contributed by atoms with E-state index in [1.807, 2.05) is 13.8 Å². The molecule has 1 atom stereocenters. The minimum absolute atomic E-state index is 0.0840. The number of ether oxygens (including phenoxy) is 1. The average Bonchev–Trinajstić information content (AvgIpc) is 2.48. The summed E-state index contributed by atoms with van der Waals surface area (Å²) in [5.74, 6) is 0.0593. The molecular weight excluding hydrogens is 387 g/mol. The second-order valence-electron chi connectivity index (χ2n) is 6.05. The zero-order valence-electron chi connectivity index (χ0n) is 14.5. The van der Waals surface area contributed by atoms with E-state index in [9.17, 15) is 13.2 Å². The first-order valence-corrected chi connectivity index (χ1v) is 10.4. The molecule has 6 nitrogen and oxygen atoms in total. The van der Waals surface area contributed by atoms with Crippen LogP contribution < -0.4 is 10.0 Å². The summed E-state index contributed by atoms with van der Waals surface area (Å²) < 4.78 is 31.9. The molecule has 142 valence electrons. The van der Waals surface area contributed by atoms with Crippen LogP contribution in [0.25, 0.3) is 0 Å². The number of alkyl carbamates (subject to hydrolysis) is 1. The number of carbonyl (C=O) groups is 1. The van der Waals surface area contributed by atoms with Gasteiger partial charge >= 0.3 is 6.09 Å². The number of amides is 1. The molecule has 0 fully saturated rings. The fourth-order valence-electron chi connectivity index (χ4n) is 2.23. The molecule has 1 aromatic carbocycles. The number of rotatable bonds is 9. The fourth-order valence-corrected chi connectivity index (χ4v) is 3.73. The molecule has 0 bridgehead atoms. The summed E-state index contributed by atoms with van der Waals surface area (Å²) in [6.45, 7) is 6.02. The van der Waals surface area contributed by atoms with Crippen molar-refractivity contribution in [2.75, 3.05) is 13.2 Å². The van der Waals surface area contributed by atoms with Crippen LogP contribution in [0.1, 0.15) is 32.8 Å². The monoisotopic (exact) mass is 410 g/mol. The van der Waals surface area contributed by atoms with Crippen LogP contribution in [-0.4, -0.2) is 33.7 Å². The predicted octanol–water partition coefficient (Wildman–Crippen LogP) is 3.57. The molecule has 0 radical (unpaired) electrons. The molecule has 0 spiro atoms. The van der Waals surface area contributed by atoms with Crippen LogP contribution in [0.5, 0.6) is 0 Å². The van der Waals surface area contributed by atoms with Crippen molar-refractivity contribution < 1.29 is 17.9 Å². The first-order valence-electron chi connectivity index (χ1n) is 7.97. The van der Waals surface area contributed by atoms with Crippen LogP contribution in [0.4, 0.5) is 4.79 Å². The van der Waals surface area contributed by atoms with Crippen molar-refractivity contribution in [2.45, 2.75) is 39.0 Å². The van der Waals surface area contributed by atoms with Crippen LogP contribution in [0.3, 0.4) is 0 Å². The van der Waals surface area contributed by atoms with Gasteiger partial charge in [0.05, 0.1) is 22.4 Å². The summed E-state index contributed by atoms with van der Waals surface area (Å²) in [5.41, 5.74) is 0.528. The third kappa shape index (κ3) is 8.76. The smallest absolute Gasteiger partial charge is 0.407 e. The lowest BCUT2D eigenvalue weighted by Crippen LogP contribution is -2.44. The third-order valence-electron chi connectivity index (χ3n) is 3.24. The summed E-state index contributed by atoms with van der Waals surface area (Å²) in [6, 6.07) is 4.32. The Morgan fingerprint density at radius 3 is 2.48 bits per heavy atom. The molecule has 1 unspecified atom stereocenters. The lowest BCUT2D eigenvalue weighted by Gasteiger charge is -2.20. The molecular formula is C16H24Cl2N2O4S. The molecule has 0 aliphatic carbocycles. The number of hydrogen-bond acceptors (Lipinski definition) is 4. The van der Waals surface area contributed by atoms with E-state index in [-0.39, 0.29) is 30.9 Å². The minimum atomic E-state index is -3.59. The maximum atomic E-state index is 12.3. The zero-order valence-corrected chi connectivity index (χ0v) is 16.8. The van der Waals surface area contributed by atoms with Crippen LogP contribution in [0, 0.1) is 5.92 Å². The summed E-state index contributed by atoms with van der Waals surface area (Å²) in [5, 5.41) is 3.34. The van der Waals surface area contributed by atoms with E-state index in [1.165, 1.54) is 6.07 Å². The van der Waals surface area contributed by atoms with Gasteiger partial charge in [0.1, 0.15) is 0 Å². The number of sulfonamides is 1. The van der Waals surface area contributed by atoms with Crippen molar-refractivity contribution in [3.05, 3.63) is 33.8 Å². The summed E-state index contributed by atoms with van der Waals surface area (Å²) in [4.78, 5) is 11.6. The Balaban J connectivity index is 2.68. The van der Waals surface area contributed by atoms with Gasteiger partial charge in [-0.3, -0.25) is 0 Å². The van der Waals surface area contributed by atoms with Gasteiger partial charge in [0.25, 0.3) is 0 Å². The van der Waals surface area contributed by atoms with Gasteiger partial charge in [-0.25, -0.2) is 17.9 Å². The third-order valence-corrected chi connectivity index (χ3v) is 5.30. The molecule has 0 saturated carbocycles. The predicted molar refractivity (Wildman–Crippen MR) is 100 cm³/mol. The number of carbonyl (C=O) groups excluding carboxylic acids is 1. The van der Waals surface area contributed by atoms with Crippen molar-refractivity contribution in [3.8, 4) is 0 Å². The van der Waals surface area contributed by atoms with Crippen molar-refractivity contribution in [2.24, 2.45) is 5.92 Å². The number of nitrogens with one attached hydrogen (secondary N) is 2. The number of benzene rings is 1. The summed E-state index contributed by atoms with van der Waals surface area (Å²) in [6.07, 6.45) is 0.0607. The molecule has 0 heterocycles. The van der Waals surface area contributed by atoms with Gasteiger partial charge < -0.3 is 10.1 Å². The van der Waals surface area contributed by atoms with E-state index in [2.05, 4.69) is 10.0 Å². The molecule has 0 aromatic heterocycles. The molecule has 0 aliphatic heterocycles. The molecule has 1 aromatic rings. The van der Waals surface area contributed by atoms with Crippen molar-refractivity contribution in [1.29, 1.82) is 0 Å². The number of hydrogen-bond donors (Lipinski definition) is 2. The zero-order chi connectivity index (χ0) is 19.0. The molecule has 2 N–H and O–H groups in total. The van der Waals surface area contributed by atoms with Crippen molar-refractivity contribution in [3.63, 3.8) is 0 Å². The van der Waals surface area contributed by atoms with Gasteiger partial charge in [0, 0.05) is 12.6 Å². The summed E-state index contributed by atoms with van der Waals surface area (Å²) >= 11 is 11.7. The van der Waals surface area contributed by atoms with Gasteiger partial charge in [0.2, 0.25) is 10.0 Å². The highest BCUT2D eigenvalue weighted by Crippen LogP contribution is 2.23. The maximum Gasteiger partial charge on any atom is 0.407 e. The summed E-state index contributed by atoms with van der Waals surface area (Å²) in [7, 11) is -3.59. The van der Waals surface area contributed by atoms with E-state index in [1.54, 1.807) is 19.1 Å². The molecule has 9 heteroatoms. The minimum Gasteiger partial charge on any atom is -0.450 e. The SMILES string of the molecule is CCOC(=O)NC(CNS(=O)(=O)Cc1ccc(Cl)c(Cl)c1)CC(C)C. The maximum absolute atomic E-state index is 12.3. The van der Waals surface area contributed by atoms with Crippen LogP contribution >= 0.6 is 23.2 Å². The standard InChI is InChI=1S/C16H24Cl2N2O4S/c1-4-24-16(21)20-13(7-11(2)3)9-19-25(22,23)10-12-5-6-14(17)15(18)8-12/h5-6,8,11,13,19H,4,7,9-10H2,1-3H3,(H,20,21). The van der Waals surface area contributed by atoms with Crippen LogP contribution in [0.2, 0.25) is 10.0 Å². The fraction of sp³-hybridized carbons (Fsp3) is 0.562. The normalized spacial score (nSPS) is 12.9. The Morgan fingerprint density at radius 2 is 1.92 bits per heavy atom. The Kier molecular flexibility index (Phi) is 8.99. The lowest BCUT2D eigenvalue weighted by atomic mass is 10.0. The Bertz CT molecular complexity index is 681. The van der Waals surface area contributed by atoms with Gasteiger partial charge in [-0.1, -0.05) is 43.1 Å². The molecule has 1 rings (SSSR count). The molecule has 25 heavy (non-hydrogen) atoms. The second-order valence-corrected chi connectivity index (χ2v) is 8.67. The van der Waals surface area contributed by atoms with E-state index in [4.69, 9.17) is 27.9 Å².